The average molecular weight is 494 g/mol. The van der Waals surface area contributed by atoms with E-state index in [-0.39, 0.29) is 6.61 Å². The minimum Gasteiger partial charge on any atom is -0.493 e. The van der Waals surface area contributed by atoms with Crippen LogP contribution in [0.25, 0.3) is 22.6 Å². The number of rotatable bonds is 12. The van der Waals surface area contributed by atoms with E-state index in [0.717, 1.165) is 22.6 Å². The van der Waals surface area contributed by atoms with Crippen molar-refractivity contribution in [1.29, 1.82) is 0 Å². The number of hydrogen-bond donors (Lipinski definition) is 1. The summed E-state index contributed by atoms with van der Waals surface area (Å²) in [6, 6.07) is 11.7. The van der Waals surface area contributed by atoms with Crippen molar-refractivity contribution in [3.05, 3.63) is 42.6 Å². The maximum absolute atomic E-state index is 9.70. The third-order valence-electron chi connectivity index (χ3n) is 5.27. The Morgan fingerprint density at radius 1 is 0.970 bits per heavy atom. The maximum atomic E-state index is 9.70. The normalized spacial score (nSPS) is 10.8. The molecule has 0 amide bonds. The SMILES string of the molecule is COc1cc(-c2cn(CCO)c(-c3ccccc3N(CCCl)CCCl)n2)cc(OC)c1OC. The molecule has 3 rings (SSSR count). The number of alkyl halides is 2. The average Bonchev–Trinajstić information content (AvgIpc) is 3.27. The van der Waals surface area contributed by atoms with Crippen molar-refractivity contribution in [1.82, 2.24) is 9.55 Å². The van der Waals surface area contributed by atoms with Crippen molar-refractivity contribution in [3.63, 3.8) is 0 Å². The lowest BCUT2D eigenvalue weighted by Gasteiger charge is -2.25. The van der Waals surface area contributed by atoms with Gasteiger partial charge in [-0.3, -0.25) is 0 Å². The number of methoxy groups -OCH3 is 3. The van der Waals surface area contributed by atoms with E-state index >= 15 is 0 Å². The number of imidazole rings is 1. The van der Waals surface area contributed by atoms with Crippen LogP contribution in [0.1, 0.15) is 0 Å². The van der Waals surface area contributed by atoms with Gasteiger partial charge < -0.3 is 28.8 Å². The summed E-state index contributed by atoms with van der Waals surface area (Å²) < 4.78 is 18.4. The number of para-hydroxylation sites is 1. The van der Waals surface area contributed by atoms with Gasteiger partial charge in [-0.15, -0.1) is 23.2 Å². The monoisotopic (exact) mass is 493 g/mol. The van der Waals surface area contributed by atoms with Crippen LogP contribution in [0.4, 0.5) is 5.69 Å². The molecule has 0 bridgehead atoms. The van der Waals surface area contributed by atoms with Gasteiger partial charge in [0.1, 0.15) is 5.82 Å². The van der Waals surface area contributed by atoms with Crippen molar-refractivity contribution in [3.8, 4) is 39.9 Å². The zero-order valence-electron chi connectivity index (χ0n) is 19.1. The molecule has 178 valence electrons. The fourth-order valence-electron chi connectivity index (χ4n) is 3.77. The number of aromatic nitrogens is 2. The van der Waals surface area contributed by atoms with Crippen LogP contribution in [0.5, 0.6) is 17.2 Å². The summed E-state index contributed by atoms with van der Waals surface area (Å²) in [5, 5.41) is 9.70. The van der Waals surface area contributed by atoms with Crippen molar-refractivity contribution in [2.45, 2.75) is 6.54 Å². The molecule has 0 saturated heterocycles. The largest absolute Gasteiger partial charge is 0.493 e. The van der Waals surface area contributed by atoms with Gasteiger partial charge in [0.05, 0.1) is 33.6 Å². The van der Waals surface area contributed by atoms with E-state index in [4.69, 9.17) is 42.4 Å². The minimum absolute atomic E-state index is 0.0205. The van der Waals surface area contributed by atoms with Gasteiger partial charge >= 0.3 is 0 Å². The molecular formula is C24H29Cl2N3O4. The summed E-state index contributed by atoms with van der Waals surface area (Å²) in [7, 11) is 4.73. The fraction of sp³-hybridized carbons (Fsp3) is 0.375. The van der Waals surface area contributed by atoms with Crippen LogP contribution >= 0.6 is 23.2 Å². The molecule has 1 heterocycles. The lowest BCUT2D eigenvalue weighted by atomic mass is 10.1. The molecule has 33 heavy (non-hydrogen) atoms. The van der Waals surface area contributed by atoms with Gasteiger partial charge in [-0.05, 0) is 24.3 Å². The van der Waals surface area contributed by atoms with Gasteiger partial charge in [0, 0.05) is 54.4 Å². The molecule has 3 aromatic rings. The first-order valence-corrected chi connectivity index (χ1v) is 11.6. The number of anilines is 1. The Bertz CT molecular complexity index is 1030. The summed E-state index contributed by atoms with van der Waals surface area (Å²) in [5.41, 5.74) is 3.44. The molecular weight excluding hydrogens is 465 g/mol. The summed E-state index contributed by atoms with van der Waals surface area (Å²) in [4.78, 5) is 7.09. The Morgan fingerprint density at radius 2 is 1.61 bits per heavy atom. The highest BCUT2D eigenvalue weighted by molar-refractivity contribution is 6.18. The number of hydrogen-bond acceptors (Lipinski definition) is 6. The molecule has 2 aromatic carbocycles. The van der Waals surface area contributed by atoms with Crippen molar-refractivity contribution in [2.24, 2.45) is 0 Å². The molecule has 1 aromatic heterocycles. The number of aliphatic hydroxyl groups is 1. The van der Waals surface area contributed by atoms with E-state index in [1.165, 1.54) is 0 Å². The third-order valence-corrected chi connectivity index (χ3v) is 5.61. The predicted molar refractivity (Wildman–Crippen MR) is 133 cm³/mol. The summed E-state index contributed by atoms with van der Waals surface area (Å²) in [5.74, 6) is 3.29. The number of ether oxygens (including phenoxy) is 3. The van der Waals surface area contributed by atoms with E-state index in [1.54, 1.807) is 21.3 Å². The Morgan fingerprint density at radius 3 is 2.15 bits per heavy atom. The number of halogens is 2. The zero-order valence-corrected chi connectivity index (χ0v) is 20.6. The molecule has 0 unspecified atom stereocenters. The van der Waals surface area contributed by atoms with Gasteiger partial charge in [0.15, 0.2) is 11.5 Å². The van der Waals surface area contributed by atoms with Crippen LogP contribution in [0.3, 0.4) is 0 Å². The van der Waals surface area contributed by atoms with Gasteiger partial charge in [0.2, 0.25) is 5.75 Å². The Hall–Kier alpha value is -2.61. The van der Waals surface area contributed by atoms with Crippen LogP contribution in [0.2, 0.25) is 0 Å². The molecule has 0 atom stereocenters. The van der Waals surface area contributed by atoms with E-state index in [1.807, 2.05) is 47.2 Å². The second-order valence-electron chi connectivity index (χ2n) is 7.16. The number of nitrogens with zero attached hydrogens (tertiary/aromatic N) is 3. The van der Waals surface area contributed by atoms with Gasteiger partial charge in [-0.1, -0.05) is 12.1 Å². The molecule has 1 N–H and O–H groups in total. The highest BCUT2D eigenvalue weighted by atomic mass is 35.5. The number of benzene rings is 2. The van der Waals surface area contributed by atoms with Crippen LogP contribution in [-0.4, -0.2) is 67.4 Å². The van der Waals surface area contributed by atoms with E-state index in [2.05, 4.69) is 4.90 Å². The highest BCUT2D eigenvalue weighted by Gasteiger charge is 2.20. The van der Waals surface area contributed by atoms with Crippen LogP contribution < -0.4 is 19.1 Å². The molecule has 0 saturated carbocycles. The quantitative estimate of drug-likeness (QED) is 0.374. The fourth-order valence-corrected chi connectivity index (χ4v) is 4.18. The Kier molecular flexibility index (Phi) is 9.11. The molecule has 9 heteroatoms. The third kappa shape index (κ3) is 5.49. The maximum Gasteiger partial charge on any atom is 0.203 e. The number of aliphatic hydroxyl groups excluding tert-OH is 1. The van der Waals surface area contributed by atoms with E-state index in [0.29, 0.717) is 54.3 Å². The lowest BCUT2D eigenvalue weighted by molar-refractivity contribution is 0.277. The molecule has 0 aliphatic heterocycles. The van der Waals surface area contributed by atoms with Crippen LogP contribution in [0, 0.1) is 0 Å². The smallest absolute Gasteiger partial charge is 0.203 e. The Labute approximate surface area is 204 Å². The second kappa shape index (κ2) is 12.0. The molecule has 0 fully saturated rings. The van der Waals surface area contributed by atoms with Crippen molar-refractivity contribution < 1.29 is 19.3 Å². The van der Waals surface area contributed by atoms with Gasteiger partial charge in [0.25, 0.3) is 0 Å². The van der Waals surface area contributed by atoms with Crippen molar-refractivity contribution >= 4 is 28.9 Å². The summed E-state index contributed by atoms with van der Waals surface area (Å²) in [6.07, 6.45) is 1.91. The predicted octanol–water partition coefficient (Wildman–Crippen LogP) is 4.52. The minimum atomic E-state index is -0.0205. The first kappa shape index (κ1) is 25.0. The molecule has 0 spiro atoms. The van der Waals surface area contributed by atoms with Crippen molar-refractivity contribution in [2.75, 3.05) is 57.7 Å². The van der Waals surface area contributed by atoms with Crippen LogP contribution in [0.15, 0.2) is 42.6 Å². The molecule has 7 nitrogen and oxygen atoms in total. The molecule has 0 radical (unpaired) electrons. The molecule has 0 aliphatic carbocycles. The first-order valence-electron chi connectivity index (χ1n) is 10.6. The van der Waals surface area contributed by atoms with Crippen LogP contribution in [-0.2, 0) is 6.54 Å². The topological polar surface area (TPSA) is 69.0 Å². The second-order valence-corrected chi connectivity index (χ2v) is 7.92. The van der Waals surface area contributed by atoms with E-state index < -0.39 is 0 Å². The first-order chi connectivity index (χ1) is 16.1. The van der Waals surface area contributed by atoms with E-state index in [9.17, 15) is 5.11 Å². The standard InChI is InChI=1S/C24H29Cl2N3O4/c1-31-21-14-17(15-22(32-2)23(21)33-3)19-16-29(12-13-30)24(27-19)18-6-4-5-7-20(18)28(10-8-25)11-9-26/h4-7,14-16,30H,8-13H2,1-3H3. The Balaban J connectivity index is 2.16. The lowest BCUT2D eigenvalue weighted by Crippen LogP contribution is -2.28. The summed E-state index contributed by atoms with van der Waals surface area (Å²) >= 11 is 12.1. The zero-order chi connectivity index (χ0) is 23.8. The molecule has 0 aliphatic rings. The van der Waals surface area contributed by atoms with Gasteiger partial charge in [-0.2, -0.15) is 0 Å². The summed E-state index contributed by atoms with van der Waals surface area (Å²) in [6.45, 7) is 1.69. The van der Waals surface area contributed by atoms with Gasteiger partial charge in [-0.25, -0.2) is 4.98 Å². The highest BCUT2D eigenvalue weighted by Crippen LogP contribution is 2.41.